The fourth-order valence-electron chi connectivity index (χ4n) is 1.89. The molecule has 2 atom stereocenters. The monoisotopic (exact) mass is 223 g/mol. The van der Waals surface area contributed by atoms with Crippen LogP contribution in [-0.4, -0.2) is 15.8 Å². The highest BCUT2D eigenvalue weighted by Gasteiger charge is 2.10. The summed E-state index contributed by atoms with van der Waals surface area (Å²) in [6.45, 7) is 9.76. The van der Waals surface area contributed by atoms with Gasteiger partial charge in [0.25, 0.3) is 0 Å². The van der Waals surface area contributed by atoms with Gasteiger partial charge >= 0.3 is 0 Å². The molecule has 1 N–H and O–H groups in total. The number of hydrogen-bond donors (Lipinski definition) is 1. The third-order valence-electron chi connectivity index (χ3n) is 3.00. The molecule has 3 heteroatoms. The molecule has 0 amide bonds. The molecule has 0 aliphatic heterocycles. The standard InChI is InChI=1S/C13H25N3/c1-5-7-8-11(3)15-12(4)13-9-14-16(6-2)10-13/h9-12,15H,5-8H2,1-4H3. The number of unbranched alkanes of at least 4 members (excludes halogenated alkanes) is 1. The molecule has 0 radical (unpaired) electrons. The minimum atomic E-state index is 0.396. The first-order valence-electron chi connectivity index (χ1n) is 6.45. The molecule has 0 saturated carbocycles. The van der Waals surface area contributed by atoms with Crippen LogP contribution >= 0.6 is 0 Å². The van der Waals surface area contributed by atoms with Gasteiger partial charge in [0.2, 0.25) is 0 Å². The molecule has 1 heterocycles. The summed E-state index contributed by atoms with van der Waals surface area (Å²) in [7, 11) is 0. The van der Waals surface area contributed by atoms with Crippen LogP contribution in [0, 0.1) is 0 Å². The summed E-state index contributed by atoms with van der Waals surface area (Å²) in [5.41, 5.74) is 1.28. The predicted octanol–water partition coefficient (Wildman–Crippen LogP) is 3.13. The molecule has 2 unspecified atom stereocenters. The van der Waals surface area contributed by atoms with Crippen LogP contribution in [0.3, 0.4) is 0 Å². The first-order chi connectivity index (χ1) is 7.67. The zero-order valence-corrected chi connectivity index (χ0v) is 11.0. The van der Waals surface area contributed by atoms with Gasteiger partial charge in [-0.2, -0.15) is 5.10 Å². The molecular formula is C13H25N3. The number of nitrogens with zero attached hydrogens (tertiary/aromatic N) is 2. The lowest BCUT2D eigenvalue weighted by Gasteiger charge is -2.18. The van der Waals surface area contributed by atoms with Crippen molar-refractivity contribution in [1.82, 2.24) is 15.1 Å². The predicted molar refractivity (Wildman–Crippen MR) is 68.4 cm³/mol. The zero-order valence-electron chi connectivity index (χ0n) is 11.0. The third-order valence-corrected chi connectivity index (χ3v) is 3.00. The molecule has 16 heavy (non-hydrogen) atoms. The van der Waals surface area contributed by atoms with E-state index in [4.69, 9.17) is 0 Å². The maximum Gasteiger partial charge on any atom is 0.0537 e. The van der Waals surface area contributed by atoms with Gasteiger partial charge in [-0.3, -0.25) is 4.68 Å². The van der Waals surface area contributed by atoms with Crippen LogP contribution in [0.15, 0.2) is 12.4 Å². The van der Waals surface area contributed by atoms with Crippen LogP contribution in [0.2, 0.25) is 0 Å². The summed E-state index contributed by atoms with van der Waals surface area (Å²) < 4.78 is 1.98. The maximum atomic E-state index is 4.30. The maximum absolute atomic E-state index is 4.30. The van der Waals surface area contributed by atoms with Gasteiger partial charge in [-0.05, 0) is 27.2 Å². The third kappa shape index (κ3) is 3.97. The van der Waals surface area contributed by atoms with Crippen molar-refractivity contribution >= 4 is 0 Å². The SMILES string of the molecule is CCCCC(C)NC(C)c1cnn(CC)c1. The summed E-state index contributed by atoms with van der Waals surface area (Å²) in [5, 5.41) is 7.92. The van der Waals surface area contributed by atoms with Gasteiger partial charge in [0.05, 0.1) is 6.20 Å². The molecule has 1 aromatic heterocycles. The average molecular weight is 223 g/mol. The van der Waals surface area contributed by atoms with Crippen molar-refractivity contribution in [1.29, 1.82) is 0 Å². The number of aryl methyl sites for hydroxylation is 1. The van der Waals surface area contributed by atoms with E-state index < -0.39 is 0 Å². The van der Waals surface area contributed by atoms with Gasteiger partial charge in [-0.1, -0.05) is 19.8 Å². The van der Waals surface area contributed by atoms with Crippen molar-refractivity contribution in [2.45, 2.75) is 65.6 Å². The van der Waals surface area contributed by atoms with Gasteiger partial charge < -0.3 is 5.32 Å². The van der Waals surface area contributed by atoms with E-state index in [1.807, 2.05) is 10.9 Å². The summed E-state index contributed by atoms with van der Waals surface area (Å²) in [4.78, 5) is 0. The minimum absolute atomic E-state index is 0.396. The Hall–Kier alpha value is -0.830. The van der Waals surface area contributed by atoms with E-state index in [0.29, 0.717) is 12.1 Å². The molecule has 0 aliphatic rings. The number of hydrogen-bond acceptors (Lipinski definition) is 2. The Labute approximate surface area is 99.2 Å². The van der Waals surface area contributed by atoms with Crippen molar-refractivity contribution in [3.63, 3.8) is 0 Å². The molecule has 1 rings (SSSR count). The first kappa shape index (κ1) is 13.2. The smallest absolute Gasteiger partial charge is 0.0537 e. The van der Waals surface area contributed by atoms with E-state index in [0.717, 1.165) is 6.54 Å². The second kappa shape index (κ2) is 6.69. The van der Waals surface area contributed by atoms with Crippen molar-refractivity contribution in [3.8, 4) is 0 Å². The Morgan fingerprint density at radius 3 is 2.69 bits per heavy atom. The second-order valence-electron chi connectivity index (χ2n) is 4.56. The fourth-order valence-corrected chi connectivity index (χ4v) is 1.89. The van der Waals surface area contributed by atoms with Gasteiger partial charge in [0.1, 0.15) is 0 Å². The Kier molecular flexibility index (Phi) is 5.53. The van der Waals surface area contributed by atoms with Gasteiger partial charge in [0, 0.05) is 30.4 Å². The van der Waals surface area contributed by atoms with Crippen molar-refractivity contribution in [2.75, 3.05) is 0 Å². The van der Waals surface area contributed by atoms with Crippen molar-refractivity contribution < 1.29 is 0 Å². The van der Waals surface area contributed by atoms with E-state index in [9.17, 15) is 0 Å². The number of nitrogens with one attached hydrogen (secondary N) is 1. The minimum Gasteiger partial charge on any atom is -0.308 e. The van der Waals surface area contributed by atoms with Crippen molar-refractivity contribution in [3.05, 3.63) is 18.0 Å². The fraction of sp³-hybridized carbons (Fsp3) is 0.769. The van der Waals surface area contributed by atoms with Crippen LogP contribution in [0.5, 0.6) is 0 Å². The molecule has 0 aromatic carbocycles. The lowest BCUT2D eigenvalue weighted by atomic mass is 10.1. The molecule has 0 saturated heterocycles. The van der Waals surface area contributed by atoms with Crippen LogP contribution in [-0.2, 0) is 6.54 Å². The number of aromatic nitrogens is 2. The van der Waals surface area contributed by atoms with E-state index >= 15 is 0 Å². The largest absolute Gasteiger partial charge is 0.308 e. The lowest BCUT2D eigenvalue weighted by molar-refractivity contribution is 0.444. The Bertz CT molecular complexity index is 293. The Morgan fingerprint density at radius 2 is 2.12 bits per heavy atom. The second-order valence-corrected chi connectivity index (χ2v) is 4.56. The van der Waals surface area contributed by atoms with Gasteiger partial charge in [-0.15, -0.1) is 0 Å². The molecule has 0 bridgehead atoms. The van der Waals surface area contributed by atoms with Crippen LogP contribution in [0.4, 0.5) is 0 Å². The topological polar surface area (TPSA) is 29.9 Å². The highest BCUT2D eigenvalue weighted by atomic mass is 15.3. The summed E-state index contributed by atoms with van der Waals surface area (Å²) in [5.74, 6) is 0. The summed E-state index contributed by atoms with van der Waals surface area (Å²) >= 11 is 0. The normalized spacial score (nSPS) is 15.0. The lowest BCUT2D eigenvalue weighted by Crippen LogP contribution is -2.28. The highest BCUT2D eigenvalue weighted by molar-refractivity contribution is 5.09. The van der Waals surface area contributed by atoms with E-state index in [2.05, 4.69) is 44.3 Å². The van der Waals surface area contributed by atoms with E-state index in [-0.39, 0.29) is 0 Å². The van der Waals surface area contributed by atoms with E-state index in [1.54, 1.807) is 0 Å². The van der Waals surface area contributed by atoms with Gasteiger partial charge in [-0.25, -0.2) is 0 Å². The Balaban J connectivity index is 2.41. The zero-order chi connectivity index (χ0) is 12.0. The van der Waals surface area contributed by atoms with E-state index in [1.165, 1.54) is 24.8 Å². The number of rotatable bonds is 7. The molecule has 0 fully saturated rings. The molecule has 3 nitrogen and oxygen atoms in total. The molecule has 92 valence electrons. The molecular weight excluding hydrogens is 198 g/mol. The summed E-state index contributed by atoms with van der Waals surface area (Å²) in [6.07, 6.45) is 7.92. The van der Waals surface area contributed by atoms with Crippen LogP contribution in [0.1, 0.15) is 58.6 Å². The Morgan fingerprint density at radius 1 is 1.38 bits per heavy atom. The summed E-state index contributed by atoms with van der Waals surface area (Å²) in [6, 6.07) is 0.979. The highest BCUT2D eigenvalue weighted by Crippen LogP contribution is 2.13. The average Bonchev–Trinajstić information content (AvgIpc) is 2.74. The molecule has 0 aliphatic carbocycles. The van der Waals surface area contributed by atoms with Gasteiger partial charge in [0.15, 0.2) is 0 Å². The van der Waals surface area contributed by atoms with Crippen LogP contribution < -0.4 is 5.32 Å². The quantitative estimate of drug-likeness (QED) is 0.769. The van der Waals surface area contributed by atoms with Crippen LogP contribution in [0.25, 0.3) is 0 Å². The molecule has 1 aromatic rings. The van der Waals surface area contributed by atoms with Crippen molar-refractivity contribution in [2.24, 2.45) is 0 Å². The first-order valence-corrected chi connectivity index (χ1v) is 6.45. The molecule has 0 spiro atoms.